The molecule has 2 rings (SSSR count). The second-order valence-electron chi connectivity index (χ2n) is 7.37. The monoisotopic (exact) mass is 417 g/mol. The molecule has 1 atom stereocenters. The van der Waals surface area contributed by atoms with Crippen molar-refractivity contribution in [3.05, 3.63) is 60.1 Å². The first-order chi connectivity index (χ1) is 14.6. The van der Waals surface area contributed by atoms with Gasteiger partial charge < -0.3 is 10.0 Å². The number of halogens is 1. The maximum absolute atomic E-state index is 13.4. The molecule has 1 aliphatic carbocycles. The van der Waals surface area contributed by atoms with Crippen LogP contribution >= 0.6 is 0 Å². The number of likely N-dealkylation sites (tertiary alicyclic amines) is 1. The Morgan fingerprint density at radius 3 is 2.57 bits per heavy atom. The summed E-state index contributed by atoms with van der Waals surface area (Å²) in [6.45, 7) is 11.4. The molecule has 2 aliphatic rings. The highest BCUT2D eigenvalue weighted by molar-refractivity contribution is 5.85. The molecule has 1 saturated heterocycles. The second-order valence-corrected chi connectivity index (χ2v) is 7.37. The molecule has 0 spiro atoms. The lowest BCUT2D eigenvalue weighted by Crippen LogP contribution is -2.43. The maximum atomic E-state index is 13.4. The Hall–Kier alpha value is -1.98. The molecule has 30 heavy (non-hydrogen) atoms. The average Bonchev–Trinajstić information content (AvgIpc) is 2.99. The second kappa shape index (κ2) is 14.9. The lowest BCUT2D eigenvalue weighted by molar-refractivity contribution is 0.184. The van der Waals surface area contributed by atoms with Gasteiger partial charge in [0.05, 0.1) is 18.8 Å². The Balaban J connectivity index is 0.00000218. The van der Waals surface area contributed by atoms with Gasteiger partial charge in [0.2, 0.25) is 0 Å². The smallest absolute Gasteiger partial charge is 0.122 e. The number of hydrogen-bond acceptors (Lipinski definition) is 3. The van der Waals surface area contributed by atoms with Gasteiger partial charge in [0.1, 0.15) is 11.7 Å². The van der Waals surface area contributed by atoms with E-state index in [4.69, 9.17) is 4.99 Å². The summed E-state index contributed by atoms with van der Waals surface area (Å²) in [5.74, 6) is 1.65. The molecule has 0 aromatic rings. The molecule has 0 bridgehead atoms. The van der Waals surface area contributed by atoms with Gasteiger partial charge in [-0.05, 0) is 69.8 Å². The van der Waals surface area contributed by atoms with Crippen molar-refractivity contribution in [3.8, 4) is 0 Å². The van der Waals surface area contributed by atoms with Gasteiger partial charge in [-0.25, -0.2) is 9.38 Å². The molecule has 5 heteroatoms. The molecular weight excluding hydrogens is 377 g/mol. The van der Waals surface area contributed by atoms with Crippen molar-refractivity contribution < 1.29 is 9.50 Å². The van der Waals surface area contributed by atoms with E-state index in [9.17, 15) is 9.50 Å². The van der Waals surface area contributed by atoms with Crippen molar-refractivity contribution in [1.29, 1.82) is 0 Å². The molecule has 0 saturated carbocycles. The molecule has 1 aliphatic heterocycles. The number of aliphatic hydroxyl groups is 1. The van der Waals surface area contributed by atoms with Gasteiger partial charge in [-0.3, -0.25) is 4.90 Å². The number of rotatable bonds is 7. The van der Waals surface area contributed by atoms with E-state index in [0.717, 1.165) is 44.0 Å². The van der Waals surface area contributed by atoms with Crippen LogP contribution in [0.15, 0.2) is 65.1 Å². The number of amidine groups is 1. The zero-order valence-corrected chi connectivity index (χ0v) is 19.4. The Kier molecular flexibility index (Phi) is 13.0. The third-order valence-corrected chi connectivity index (χ3v) is 5.38. The van der Waals surface area contributed by atoms with E-state index in [1.54, 1.807) is 6.08 Å². The fourth-order valence-corrected chi connectivity index (χ4v) is 3.65. The first kappa shape index (κ1) is 26.1. The lowest BCUT2D eigenvalue weighted by Gasteiger charge is -2.35. The standard InChI is InChI=1S/C23H34FN3O.C2H6/c1-4-7-22(5-2)25-23(26(3)16-17-28)18-27-14-12-20(13-15-27)19-8-6-9-21(24)11-10-19;1-2/h4-11,19-20,28H,12-18H2,1-3H3;1-2H3/b7-4-,22-5+,25-23?;. The number of nitrogens with zero attached hydrogens (tertiary/aromatic N) is 3. The van der Waals surface area contributed by atoms with Gasteiger partial charge >= 0.3 is 0 Å². The van der Waals surface area contributed by atoms with Gasteiger partial charge in [0, 0.05) is 13.6 Å². The molecule has 1 fully saturated rings. The summed E-state index contributed by atoms with van der Waals surface area (Å²) < 4.78 is 13.4. The number of aliphatic hydroxyl groups excluding tert-OH is 1. The van der Waals surface area contributed by atoms with Crippen LogP contribution in [0.5, 0.6) is 0 Å². The van der Waals surface area contributed by atoms with Gasteiger partial charge in [-0.2, -0.15) is 0 Å². The van der Waals surface area contributed by atoms with Gasteiger partial charge in [0.25, 0.3) is 0 Å². The molecule has 0 aromatic heterocycles. The Labute approximate surface area is 182 Å². The number of piperidine rings is 1. The largest absolute Gasteiger partial charge is 0.395 e. The zero-order chi connectivity index (χ0) is 22.4. The SMILES string of the molecule is C/C=C\C(=C/C)N=C(CN1CCC(C2C=CC=C(F)C=C2)CC1)N(C)CCO.CC. The third-order valence-electron chi connectivity index (χ3n) is 5.38. The number of likely N-dealkylation sites (N-methyl/N-ethyl adjacent to an activating group) is 1. The first-order valence-electron chi connectivity index (χ1n) is 11.2. The van der Waals surface area contributed by atoms with Crippen molar-refractivity contribution in [2.24, 2.45) is 16.8 Å². The number of allylic oxidation sites excluding steroid dienone is 9. The fourth-order valence-electron chi connectivity index (χ4n) is 3.65. The lowest BCUT2D eigenvalue weighted by atomic mass is 9.84. The fraction of sp³-hybridized carbons (Fsp3) is 0.560. The minimum Gasteiger partial charge on any atom is -0.395 e. The summed E-state index contributed by atoms with van der Waals surface area (Å²) in [5, 5.41) is 9.32. The van der Waals surface area contributed by atoms with E-state index >= 15 is 0 Å². The van der Waals surface area contributed by atoms with Crippen LogP contribution < -0.4 is 0 Å². The van der Waals surface area contributed by atoms with Crippen LogP contribution in [0.2, 0.25) is 0 Å². The van der Waals surface area contributed by atoms with E-state index in [0.29, 0.717) is 18.4 Å². The minimum atomic E-state index is -0.176. The van der Waals surface area contributed by atoms with Crippen molar-refractivity contribution in [2.45, 2.75) is 40.5 Å². The highest BCUT2D eigenvalue weighted by atomic mass is 19.1. The van der Waals surface area contributed by atoms with E-state index in [1.807, 2.05) is 70.0 Å². The summed E-state index contributed by atoms with van der Waals surface area (Å²) in [6.07, 6.45) is 17.2. The van der Waals surface area contributed by atoms with Crippen molar-refractivity contribution in [2.75, 3.05) is 39.8 Å². The Morgan fingerprint density at radius 2 is 1.97 bits per heavy atom. The van der Waals surface area contributed by atoms with E-state index < -0.39 is 0 Å². The van der Waals surface area contributed by atoms with Crippen LogP contribution in [-0.4, -0.2) is 60.6 Å². The molecule has 1 heterocycles. The summed E-state index contributed by atoms with van der Waals surface area (Å²) >= 11 is 0. The Morgan fingerprint density at radius 1 is 1.27 bits per heavy atom. The highest BCUT2D eigenvalue weighted by Crippen LogP contribution is 2.29. The maximum Gasteiger partial charge on any atom is 0.122 e. The molecule has 1 unspecified atom stereocenters. The molecule has 4 nitrogen and oxygen atoms in total. The summed E-state index contributed by atoms with van der Waals surface area (Å²) in [7, 11) is 1.98. The topological polar surface area (TPSA) is 39.1 Å². The predicted molar refractivity (Wildman–Crippen MR) is 127 cm³/mol. The van der Waals surface area contributed by atoms with Crippen LogP contribution in [0.3, 0.4) is 0 Å². The van der Waals surface area contributed by atoms with E-state index in [-0.39, 0.29) is 12.4 Å². The molecule has 0 amide bonds. The van der Waals surface area contributed by atoms with Gasteiger partial charge in [0.15, 0.2) is 0 Å². The van der Waals surface area contributed by atoms with Crippen LogP contribution in [0.25, 0.3) is 0 Å². The molecular formula is C25H40FN3O. The van der Waals surface area contributed by atoms with Crippen LogP contribution in [0.1, 0.15) is 40.5 Å². The molecule has 0 aromatic carbocycles. The molecule has 1 N–H and O–H groups in total. The van der Waals surface area contributed by atoms with Crippen molar-refractivity contribution >= 4 is 5.84 Å². The van der Waals surface area contributed by atoms with E-state index in [2.05, 4.69) is 11.0 Å². The zero-order valence-electron chi connectivity index (χ0n) is 19.4. The van der Waals surface area contributed by atoms with Gasteiger partial charge in [-0.1, -0.05) is 44.2 Å². The first-order valence-corrected chi connectivity index (χ1v) is 11.2. The summed E-state index contributed by atoms with van der Waals surface area (Å²) in [6, 6.07) is 0. The van der Waals surface area contributed by atoms with Crippen LogP contribution in [0, 0.1) is 11.8 Å². The predicted octanol–water partition coefficient (Wildman–Crippen LogP) is 5.12. The highest BCUT2D eigenvalue weighted by Gasteiger charge is 2.25. The average molecular weight is 418 g/mol. The summed E-state index contributed by atoms with van der Waals surface area (Å²) in [4.78, 5) is 9.28. The van der Waals surface area contributed by atoms with E-state index in [1.165, 1.54) is 6.08 Å². The number of hydrogen-bond donors (Lipinski definition) is 1. The van der Waals surface area contributed by atoms with Crippen LogP contribution in [0.4, 0.5) is 4.39 Å². The Bertz CT molecular complexity index is 668. The third kappa shape index (κ3) is 8.80. The molecule has 168 valence electrons. The van der Waals surface area contributed by atoms with Crippen molar-refractivity contribution in [1.82, 2.24) is 9.80 Å². The van der Waals surface area contributed by atoms with Crippen LogP contribution in [-0.2, 0) is 0 Å². The minimum absolute atomic E-state index is 0.108. The normalized spacial score (nSPS) is 21.3. The van der Waals surface area contributed by atoms with Gasteiger partial charge in [-0.15, -0.1) is 0 Å². The molecule has 0 radical (unpaired) electrons. The number of aliphatic imine (C=N–C) groups is 1. The quantitative estimate of drug-likeness (QED) is 0.355. The summed E-state index contributed by atoms with van der Waals surface area (Å²) in [5.41, 5.74) is 0.931. The van der Waals surface area contributed by atoms with Crippen molar-refractivity contribution in [3.63, 3.8) is 0 Å².